The van der Waals surface area contributed by atoms with Gasteiger partial charge in [0.05, 0.1) is 22.0 Å². The molecule has 5 rings (SSSR count). The molecule has 6 nitrogen and oxygen atoms in total. The first-order chi connectivity index (χ1) is 15.2. The Balaban J connectivity index is 0.00000245. The molecule has 0 saturated carbocycles. The molecule has 2 saturated heterocycles. The number of anilines is 1. The van der Waals surface area contributed by atoms with Gasteiger partial charge in [0.25, 0.3) is 0 Å². The summed E-state index contributed by atoms with van der Waals surface area (Å²) in [6, 6.07) is 14.1. The van der Waals surface area contributed by atoms with Crippen molar-refractivity contribution in [1.29, 1.82) is 0 Å². The van der Waals surface area contributed by atoms with E-state index in [0.717, 1.165) is 86.6 Å². The summed E-state index contributed by atoms with van der Waals surface area (Å²) in [5.41, 5.74) is 3.95. The van der Waals surface area contributed by atoms with E-state index in [0.29, 0.717) is 10.9 Å². The molecule has 1 amide bonds. The second-order valence-corrected chi connectivity index (χ2v) is 8.88. The molecule has 32 heavy (non-hydrogen) atoms. The molecule has 8 heteroatoms. The van der Waals surface area contributed by atoms with Crippen molar-refractivity contribution in [2.45, 2.75) is 19.3 Å². The molecule has 2 fully saturated rings. The third-order valence-corrected chi connectivity index (χ3v) is 6.74. The lowest BCUT2D eigenvalue weighted by Gasteiger charge is -2.29. The monoisotopic (exact) mass is 473 g/mol. The molecule has 2 aromatic carbocycles. The van der Waals surface area contributed by atoms with Gasteiger partial charge in [0.15, 0.2) is 0 Å². The van der Waals surface area contributed by atoms with Gasteiger partial charge in [-0.3, -0.25) is 4.79 Å². The minimum atomic E-state index is 0. The molecule has 1 aromatic heterocycles. The fourth-order valence-electron chi connectivity index (χ4n) is 4.69. The highest BCUT2D eigenvalue weighted by Crippen LogP contribution is 2.32. The molecular weight excluding hydrogens is 445 g/mol. The van der Waals surface area contributed by atoms with Crippen LogP contribution in [0.15, 0.2) is 42.5 Å². The first-order valence-electron chi connectivity index (χ1n) is 11.2. The number of hydrogen-bond donors (Lipinski definition) is 2. The summed E-state index contributed by atoms with van der Waals surface area (Å²) >= 11 is 6.54. The van der Waals surface area contributed by atoms with Gasteiger partial charge in [0.1, 0.15) is 5.82 Å². The number of fused-ring (bicyclic) bond motifs is 1. The standard InChI is InChI=1S/C24H28ClN5O.ClH/c25-20-9-8-18(15-19(20)23-27-21-6-1-2-7-22(21)28-23)29-11-4-12-30(14-13-29)24(31)17-5-3-10-26-16-17;/h1-2,6-9,15,17,26H,3-5,10-14,16H2,(H,27,28);1H/t17-;/m1./s1. The maximum absolute atomic E-state index is 13.0. The molecule has 0 spiro atoms. The minimum Gasteiger partial charge on any atom is -0.370 e. The average molecular weight is 474 g/mol. The largest absolute Gasteiger partial charge is 0.370 e. The molecule has 2 aliphatic heterocycles. The van der Waals surface area contributed by atoms with Gasteiger partial charge in [-0.1, -0.05) is 23.7 Å². The van der Waals surface area contributed by atoms with E-state index in [-0.39, 0.29) is 18.3 Å². The lowest BCUT2D eigenvalue weighted by atomic mass is 9.98. The van der Waals surface area contributed by atoms with Crippen LogP contribution in [0.1, 0.15) is 19.3 Å². The second-order valence-electron chi connectivity index (χ2n) is 8.48. The zero-order chi connectivity index (χ0) is 21.2. The average Bonchev–Trinajstić information content (AvgIpc) is 3.09. The number of para-hydroxylation sites is 2. The number of aromatic amines is 1. The Morgan fingerprint density at radius 1 is 1.06 bits per heavy atom. The Kier molecular flexibility index (Phi) is 7.23. The van der Waals surface area contributed by atoms with Crippen LogP contribution in [0.4, 0.5) is 5.69 Å². The zero-order valence-electron chi connectivity index (χ0n) is 18.0. The smallest absolute Gasteiger partial charge is 0.227 e. The molecule has 0 bridgehead atoms. The number of hydrogen-bond acceptors (Lipinski definition) is 4. The zero-order valence-corrected chi connectivity index (χ0v) is 19.6. The number of nitrogens with zero attached hydrogens (tertiary/aromatic N) is 3. The highest BCUT2D eigenvalue weighted by molar-refractivity contribution is 6.33. The van der Waals surface area contributed by atoms with E-state index in [2.05, 4.69) is 32.2 Å². The molecule has 2 N–H and O–H groups in total. The first-order valence-corrected chi connectivity index (χ1v) is 11.6. The van der Waals surface area contributed by atoms with Crippen molar-refractivity contribution in [3.8, 4) is 11.4 Å². The van der Waals surface area contributed by atoms with Crippen LogP contribution in [0.2, 0.25) is 5.02 Å². The maximum atomic E-state index is 13.0. The van der Waals surface area contributed by atoms with Crippen molar-refractivity contribution in [3.05, 3.63) is 47.5 Å². The first kappa shape index (κ1) is 22.9. The predicted octanol–water partition coefficient (Wildman–Crippen LogP) is 4.34. The number of H-pyrrole nitrogens is 1. The molecule has 1 atom stereocenters. The van der Waals surface area contributed by atoms with Crippen LogP contribution in [0.5, 0.6) is 0 Å². The number of carbonyl (C=O) groups is 1. The van der Waals surface area contributed by atoms with Gasteiger partial charge in [0.2, 0.25) is 5.91 Å². The van der Waals surface area contributed by atoms with Crippen LogP contribution in [0.25, 0.3) is 22.4 Å². The van der Waals surface area contributed by atoms with Crippen LogP contribution in [0, 0.1) is 5.92 Å². The van der Waals surface area contributed by atoms with Crippen molar-refractivity contribution in [2.24, 2.45) is 5.92 Å². The molecule has 3 heterocycles. The number of benzene rings is 2. The highest BCUT2D eigenvalue weighted by atomic mass is 35.5. The summed E-state index contributed by atoms with van der Waals surface area (Å²) in [6.07, 6.45) is 3.06. The van der Waals surface area contributed by atoms with E-state index < -0.39 is 0 Å². The molecule has 0 unspecified atom stereocenters. The van der Waals surface area contributed by atoms with Crippen LogP contribution in [0.3, 0.4) is 0 Å². The lowest BCUT2D eigenvalue weighted by Crippen LogP contribution is -2.44. The van der Waals surface area contributed by atoms with Gasteiger partial charge in [-0.2, -0.15) is 0 Å². The van der Waals surface area contributed by atoms with Gasteiger partial charge in [-0.05, 0) is 56.1 Å². The second kappa shape index (κ2) is 10.1. The number of rotatable bonds is 3. The Morgan fingerprint density at radius 3 is 2.75 bits per heavy atom. The third kappa shape index (κ3) is 4.72. The topological polar surface area (TPSA) is 64.3 Å². The fourth-order valence-corrected chi connectivity index (χ4v) is 4.90. The summed E-state index contributed by atoms with van der Waals surface area (Å²) in [5.74, 6) is 1.23. The summed E-state index contributed by atoms with van der Waals surface area (Å²) < 4.78 is 0. The van der Waals surface area contributed by atoms with E-state index in [1.165, 1.54) is 0 Å². The van der Waals surface area contributed by atoms with Gasteiger partial charge in [-0.15, -0.1) is 12.4 Å². The van der Waals surface area contributed by atoms with Gasteiger partial charge in [0, 0.05) is 44.0 Å². The Morgan fingerprint density at radius 2 is 1.94 bits per heavy atom. The van der Waals surface area contributed by atoms with Gasteiger partial charge >= 0.3 is 0 Å². The van der Waals surface area contributed by atoms with Crippen molar-refractivity contribution in [1.82, 2.24) is 20.2 Å². The van der Waals surface area contributed by atoms with E-state index >= 15 is 0 Å². The van der Waals surface area contributed by atoms with Crippen molar-refractivity contribution < 1.29 is 4.79 Å². The minimum absolute atomic E-state index is 0. The van der Waals surface area contributed by atoms with Crippen LogP contribution < -0.4 is 10.2 Å². The quantitative estimate of drug-likeness (QED) is 0.593. The lowest BCUT2D eigenvalue weighted by molar-refractivity contribution is -0.135. The van der Waals surface area contributed by atoms with Crippen LogP contribution >= 0.6 is 24.0 Å². The van der Waals surface area contributed by atoms with Gasteiger partial charge < -0.3 is 20.1 Å². The third-order valence-electron chi connectivity index (χ3n) is 6.41. The SMILES string of the molecule is Cl.O=C([C@@H]1CCCNC1)N1CCCN(c2ccc(Cl)c(-c3nc4ccccc4[nH]3)c2)CC1. The van der Waals surface area contributed by atoms with E-state index in [4.69, 9.17) is 16.6 Å². The van der Waals surface area contributed by atoms with Crippen molar-refractivity contribution in [2.75, 3.05) is 44.2 Å². The Bertz CT molecular complexity index is 1050. The predicted molar refractivity (Wildman–Crippen MR) is 133 cm³/mol. The number of piperidine rings is 1. The molecular formula is C24H29Cl2N5O. The maximum Gasteiger partial charge on any atom is 0.227 e. The molecule has 3 aromatic rings. The summed E-state index contributed by atoms with van der Waals surface area (Å²) in [6.45, 7) is 5.19. The Labute approximate surface area is 199 Å². The summed E-state index contributed by atoms with van der Waals surface area (Å²) in [4.78, 5) is 25.5. The summed E-state index contributed by atoms with van der Waals surface area (Å²) in [5, 5.41) is 4.04. The van der Waals surface area contributed by atoms with Crippen LogP contribution in [-0.2, 0) is 4.79 Å². The number of nitrogens with one attached hydrogen (secondary N) is 2. The highest BCUT2D eigenvalue weighted by Gasteiger charge is 2.27. The number of halogens is 2. The summed E-state index contributed by atoms with van der Waals surface area (Å²) in [7, 11) is 0. The van der Waals surface area contributed by atoms with E-state index in [1.807, 2.05) is 30.3 Å². The van der Waals surface area contributed by atoms with Crippen LogP contribution in [-0.4, -0.2) is 60.0 Å². The normalized spacial score (nSPS) is 19.5. The number of imidazole rings is 1. The molecule has 0 aliphatic carbocycles. The van der Waals surface area contributed by atoms with E-state index in [9.17, 15) is 4.79 Å². The van der Waals surface area contributed by atoms with Crippen molar-refractivity contribution in [3.63, 3.8) is 0 Å². The molecule has 170 valence electrons. The Hall–Kier alpha value is -2.28. The number of aromatic nitrogens is 2. The van der Waals surface area contributed by atoms with Gasteiger partial charge in [-0.25, -0.2) is 4.98 Å². The molecule has 2 aliphatic rings. The molecule has 0 radical (unpaired) electrons. The number of amides is 1. The number of carbonyl (C=O) groups excluding carboxylic acids is 1. The fraction of sp³-hybridized carbons (Fsp3) is 0.417. The van der Waals surface area contributed by atoms with E-state index in [1.54, 1.807) is 0 Å². The van der Waals surface area contributed by atoms with Crippen molar-refractivity contribution >= 4 is 46.6 Å².